The van der Waals surface area contributed by atoms with Crippen LogP contribution in [-0.4, -0.2) is 31.6 Å². The minimum Gasteiger partial charge on any atom is -0.508 e. The fraction of sp³-hybridized carbons (Fsp3) is 0.429. The second-order valence-corrected chi connectivity index (χ2v) is 7.16. The molecule has 0 unspecified atom stereocenters. The standard InChI is InChI=1S/C14H19N5OS/c1-14(2)9-6-8(20)4-3-7(9)5-10(11(14)15)21-13-17-12(16)18-19-13/h3-4,6,10-11,20H,5,15H2,1-2H3,(H3,16,17,18,19)/t10-,11+/m1/s1. The number of nitrogens with zero attached hydrogens (tertiary/aromatic N) is 2. The summed E-state index contributed by atoms with van der Waals surface area (Å²) in [6.45, 7) is 4.21. The largest absolute Gasteiger partial charge is 0.508 e. The van der Waals surface area contributed by atoms with Gasteiger partial charge in [0.05, 0.1) is 0 Å². The summed E-state index contributed by atoms with van der Waals surface area (Å²) in [5.74, 6) is 0.591. The van der Waals surface area contributed by atoms with Crippen molar-refractivity contribution in [3.05, 3.63) is 29.3 Å². The van der Waals surface area contributed by atoms with Crippen molar-refractivity contribution in [2.75, 3.05) is 5.73 Å². The van der Waals surface area contributed by atoms with Crippen molar-refractivity contribution in [1.82, 2.24) is 15.2 Å². The van der Waals surface area contributed by atoms with E-state index in [2.05, 4.69) is 29.0 Å². The number of benzene rings is 1. The molecule has 21 heavy (non-hydrogen) atoms. The van der Waals surface area contributed by atoms with Gasteiger partial charge in [-0.05, 0) is 29.7 Å². The second-order valence-electron chi connectivity index (χ2n) is 5.95. The topological polar surface area (TPSA) is 114 Å². The van der Waals surface area contributed by atoms with E-state index in [1.54, 1.807) is 17.8 Å². The maximum absolute atomic E-state index is 9.73. The van der Waals surface area contributed by atoms with Crippen LogP contribution in [0.5, 0.6) is 5.75 Å². The number of thioether (sulfide) groups is 1. The number of aromatic hydroxyl groups is 1. The summed E-state index contributed by atoms with van der Waals surface area (Å²) in [6.07, 6.45) is 0.819. The molecule has 2 aromatic rings. The van der Waals surface area contributed by atoms with Gasteiger partial charge >= 0.3 is 0 Å². The second kappa shape index (κ2) is 4.92. The summed E-state index contributed by atoms with van der Waals surface area (Å²) >= 11 is 1.54. The highest BCUT2D eigenvalue weighted by atomic mass is 32.2. The van der Waals surface area contributed by atoms with E-state index in [9.17, 15) is 5.11 Å². The fourth-order valence-electron chi connectivity index (χ4n) is 2.89. The van der Waals surface area contributed by atoms with E-state index in [4.69, 9.17) is 11.5 Å². The molecule has 1 aromatic carbocycles. The van der Waals surface area contributed by atoms with E-state index in [-0.39, 0.29) is 22.5 Å². The van der Waals surface area contributed by atoms with Crippen LogP contribution in [-0.2, 0) is 11.8 Å². The van der Waals surface area contributed by atoms with Gasteiger partial charge in [-0.15, -0.1) is 5.10 Å². The Morgan fingerprint density at radius 3 is 2.86 bits per heavy atom. The van der Waals surface area contributed by atoms with E-state index in [0.717, 1.165) is 12.0 Å². The third-order valence-electron chi connectivity index (χ3n) is 4.18. The van der Waals surface area contributed by atoms with Crippen molar-refractivity contribution in [1.29, 1.82) is 0 Å². The van der Waals surface area contributed by atoms with Crippen LogP contribution in [0.4, 0.5) is 5.95 Å². The van der Waals surface area contributed by atoms with Crippen molar-refractivity contribution in [2.45, 2.75) is 42.1 Å². The number of hydrogen-bond donors (Lipinski definition) is 4. The Morgan fingerprint density at radius 1 is 1.43 bits per heavy atom. The number of phenols is 1. The van der Waals surface area contributed by atoms with Gasteiger partial charge < -0.3 is 16.6 Å². The molecule has 0 saturated carbocycles. The van der Waals surface area contributed by atoms with Crippen molar-refractivity contribution >= 4 is 17.7 Å². The van der Waals surface area contributed by atoms with Crippen LogP contribution in [0.2, 0.25) is 0 Å². The van der Waals surface area contributed by atoms with Gasteiger partial charge in [0.25, 0.3) is 0 Å². The van der Waals surface area contributed by atoms with Crippen LogP contribution in [0.3, 0.4) is 0 Å². The number of aromatic nitrogens is 3. The number of H-pyrrole nitrogens is 1. The number of fused-ring (bicyclic) bond motifs is 1. The third kappa shape index (κ3) is 2.47. The zero-order valence-corrected chi connectivity index (χ0v) is 12.8. The summed E-state index contributed by atoms with van der Waals surface area (Å²) in [5, 5.41) is 17.2. The zero-order valence-electron chi connectivity index (χ0n) is 12.0. The summed E-state index contributed by atoms with van der Waals surface area (Å²) in [7, 11) is 0. The Kier molecular flexibility index (Phi) is 3.33. The average Bonchev–Trinajstić information content (AvgIpc) is 2.83. The lowest BCUT2D eigenvalue weighted by atomic mass is 9.69. The number of anilines is 1. The molecule has 2 atom stereocenters. The predicted molar refractivity (Wildman–Crippen MR) is 83.3 cm³/mol. The van der Waals surface area contributed by atoms with Gasteiger partial charge in [-0.1, -0.05) is 31.7 Å². The van der Waals surface area contributed by atoms with Crippen molar-refractivity contribution in [3.63, 3.8) is 0 Å². The van der Waals surface area contributed by atoms with E-state index < -0.39 is 0 Å². The molecule has 1 aliphatic rings. The first-order chi connectivity index (χ1) is 9.88. The molecular formula is C14H19N5OS. The molecule has 0 saturated heterocycles. The van der Waals surface area contributed by atoms with Crippen LogP contribution in [0.25, 0.3) is 0 Å². The molecule has 7 heteroatoms. The summed E-state index contributed by atoms with van der Waals surface area (Å²) < 4.78 is 0. The molecule has 3 rings (SSSR count). The smallest absolute Gasteiger partial charge is 0.216 e. The Hall–Kier alpha value is -1.73. The van der Waals surface area contributed by atoms with Crippen LogP contribution < -0.4 is 11.5 Å². The molecule has 6 nitrogen and oxygen atoms in total. The van der Waals surface area contributed by atoms with Crippen molar-refractivity contribution in [2.24, 2.45) is 5.73 Å². The minimum absolute atomic E-state index is 0.0727. The number of nitrogen functional groups attached to an aromatic ring is 1. The van der Waals surface area contributed by atoms with Gasteiger partial charge in [0.2, 0.25) is 11.1 Å². The lowest BCUT2D eigenvalue weighted by Crippen LogP contribution is -2.52. The molecule has 112 valence electrons. The van der Waals surface area contributed by atoms with Crippen molar-refractivity contribution < 1.29 is 5.11 Å². The van der Waals surface area contributed by atoms with Gasteiger partial charge in [0, 0.05) is 16.7 Å². The first-order valence-corrected chi connectivity index (χ1v) is 7.68. The Morgan fingerprint density at radius 2 is 2.19 bits per heavy atom. The highest BCUT2D eigenvalue weighted by Crippen LogP contribution is 2.42. The molecule has 0 fully saturated rings. The average molecular weight is 305 g/mol. The maximum atomic E-state index is 9.73. The zero-order chi connectivity index (χ0) is 15.2. The molecule has 0 aliphatic heterocycles. The van der Waals surface area contributed by atoms with Crippen LogP contribution in [0, 0.1) is 0 Å². The van der Waals surface area contributed by atoms with Gasteiger partial charge in [-0.3, -0.25) is 0 Å². The van der Waals surface area contributed by atoms with Crippen LogP contribution >= 0.6 is 11.8 Å². The number of rotatable bonds is 2. The highest BCUT2D eigenvalue weighted by molar-refractivity contribution is 7.99. The molecule has 1 aliphatic carbocycles. The summed E-state index contributed by atoms with van der Waals surface area (Å²) in [6, 6.07) is 5.44. The SMILES string of the molecule is CC1(C)c2cc(O)ccc2C[C@@H](Sc2n[nH]c(N)n2)[C@@H]1N. The van der Waals surface area contributed by atoms with Crippen molar-refractivity contribution in [3.8, 4) is 5.75 Å². The van der Waals surface area contributed by atoms with Gasteiger partial charge in [-0.2, -0.15) is 4.98 Å². The molecule has 0 radical (unpaired) electrons. The number of hydrogen-bond acceptors (Lipinski definition) is 6. The van der Waals surface area contributed by atoms with E-state index >= 15 is 0 Å². The normalized spacial score (nSPS) is 23.8. The summed E-state index contributed by atoms with van der Waals surface area (Å²) in [4.78, 5) is 4.14. The quantitative estimate of drug-likeness (QED) is 0.667. The van der Waals surface area contributed by atoms with E-state index in [1.165, 1.54) is 5.56 Å². The first-order valence-electron chi connectivity index (χ1n) is 6.80. The number of nitrogens with two attached hydrogens (primary N) is 2. The van der Waals surface area contributed by atoms with Gasteiger partial charge in [0.15, 0.2) is 0 Å². The Balaban J connectivity index is 1.93. The first kappa shape index (κ1) is 14.2. The molecule has 0 spiro atoms. The lowest BCUT2D eigenvalue weighted by molar-refractivity contribution is 0.369. The number of aromatic amines is 1. The third-order valence-corrected chi connectivity index (χ3v) is 5.34. The minimum atomic E-state index is -0.230. The fourth-order valence-corrected chi connectivity index (χ4v) is 4.16. The molecule has 1 heterocycles. The maximum Gasteiger partial charge on any atom is 0.216 e. The van der Waals surface area contributed by atoms with Crippen LogP contribution in [0.1, 0.15) is 25.0 Å². The highest BCUT2D eigenvalue weighted by Gasteiger charge is 2.41. The predicted octanol–water partition coefficient (Wildman–Crippen LogP) is 1.41. The summed E-state index contributed by atoms with van der Waals surface area (Å²) in [5.41, 5.74) is 14.1. The molecule has 0 amide bonds. The number of nitrogens with one attached hydrogen (secondary N) is 1. The molecule has 6 N–H and O–H groups in total. The molecule has 1 aromatic heterocycles. The molecule has 0 bridgehead atoms. The van der Waals surface area contributed by atoms with Crippen LogP contribution in [0.15, 0.2) is 23.4 Å². The Bertz CT molecular complexity index is 669. The Labute approximate surface area is 127 Å². The number of phenolic OH excluding ortho intramolecular Hbond substituents is 1. The van der Waals surface area contributed by atoms with Gasteiger partial charge in [0.1, 0.15) is 5.75 Å². The van der Waals surface area contributed by atoms with E-state index in [1.807, 2.05) is 12.1 Å². The van der Waals surface area contributed by atoms with Gasteiger partial charge in [-0.25, -0.2) is 5.10 Å². The lowest BCUT2D eigenvalue weighted by Gasteiger charge is -2.42. The monoisotopic (exact) mass is 305 g/mol. The molecular weight excluding hydrogens is 286 g/mol. The van der Waals surface area contributed by atoms with E-state index in [0.29, 0.717) is 11.1 Å².